The van der Waals surface area contributed by atoms with Gasteiger partial charge in [-0.05, 0) is 43.5 Å². The molecule has 0 N–H and O–H groups in total. The highest BCUT2D eigenvalue weighted by molar-refractivity contribution is 9.10. The van der Waals surface area contributed by atoms with Crippen LogP contribution in [0.25, 0.3) is 0 Å². The maximum Gasteiger partial charge on any atom is 0.256 e. The van der Waals surface area contributed by atoms with Crippen LogP contribution in [0.1, 0.15) is 32.1 Å². The lowest BCUT2D eigenvalue weighted by atomic mass is 9.98. The Morgan fingerprint density at radius 3 is 2.72 bits per heavy atom. The van der Waals surface area contributed by atoms with Crippen LogP contribution < -0.4 is 5.01 Å². The molecule has 1 fully saturated rings. The summed E-state index contributed by atoms with van der Waals surface area (Å²) in [7, 11) is 0. The number of hydrazone groups is 1. The van der Waals surface area contributed by atoms with Gasteiger partial charge in [0.25, 0.3) is 5.91 Å². The Bertz CT molecular complexity index is 495. The number of hydrogen-bond donors (Lipinski definition) is 0. The molecule has 1 heterocycles. The van der Waals surface area contributed by atoms with Crippen LogP contribution in [0.15, 0.2) is 33.8 Å². The molecule has 1 amide bonds. The number of hydrogen-bond acceptors (Lipinski definition) is 2. The topological polar surface area (TPSA) is 32.7 Å². The summed E-state index contributed by atoms with van der Waals surface area (Å²) >= 11 is 3.40. The number of halogens is 1. The molecule has 18 heavy (non-hydrogen) atoms. The largest absolute Gasteiger partial charge is 0.272 e. The second-order valence-corrected chi connectivity index (χ2v) is 5.79. The molecule has 0 aromatic heterocycles. The van der Waals surface area contributed by atoms with E-state index in [0.29, 0.717) is 0 Å². The Kier molecular flexibility index (Phi) is 3.20. The molecule has 4 heteroatoms. The zero-order chi connectivity index (χ0) is 12.5. The fourth-order valence-corrected chi connectivity index (χ4v) is 2.91. The van der Waals surface area contributed by atoms with E-state index in [1.54, 1.807) is 5.01 Å². The molecule has 0 bridgehead atoms. The van der Waals surface area contributed by atoms with Crippen molar-refractivity contribution in [2.24, 2.45) is 11.0 Å². The lowest BCUT2D eigenvalue weighted by Crippen LogP contribution is -2.26. The average Bonchev–Trinajstić information content (AvgIpc) is 2.57. The van der Waals surface area contributed by atoms with Crippen molar-refractivity contribution in [3.63, 3.8) is 0 Å². The second-order valence-electron chi connectivity index (χ2n) is 4.87. The standard InChI is InChI=1S/C14H15BrN2O/c15-10-6-8-11(9-7-10)17-14(18)12-4-2-1-3-5-13(12)16-17/h6-9,12H,1-5H2. The van der Waals surface area contributed by atoms with E-state index in [1.807, 2.05) is 24.3 Å². The summed E-state index contributed by atoms with van der Waals surface area (Å²) in [6.07, 6.45) is 5.47. The maximum atomic E-state index is 12.4. The molecule has 1 aromatic rings. The van der Waals surface area contributed by atoms with E-state index in [2.05, 4.69) is 21.0 Å². The first-order valence-electron chi connectivity index (χ1n) is 6.42. The number of nitrogens with zero attached hydrogens (tertiary/aromatic N) is 2. The SMILES string of the molecule is O=C1C2CCCCCC2=NN1c1ccc(Br)cc1. The van der Waals surface area contributed by atoms with Crippen LogP contribution in [0.5, 0.6) is 0 Å². The Labute approximate surface area is 115 Å². The average molecular weight is 307 g/mol. The molecule has 1 aliphatic heterocycles. The van der Waals surface area contributed by atoms with Crippen LogP contribution in [0, 0.1) is 5.92 Å². The molecule has 1 unspecified atom stereocenters. The van der Waals surface area contributed by atoms with Gasteiger partial charge in [-0.3, -0.25) is 4.79 Å². The number of fused-ring (bicyclic) bond motifs is 1. The molecule has 0 saturated heterocycles. The van der Waals surface area contributed by atoms with Crippen molar-refractivity contribution in [1.82, 2.24) is 0 Å². The molecule has 0 radical (unpaired) electrons. The smallest absolute Gasteiger partial charge is 0.256 e. The van der Waals surface area contributed by atoms with Crippen LogP contribution in [-0.2, 0) is 4.79 Å². The van der Waals surface area contributed by atoms with Crippen LogP contribution in [0.2, 0.25) is 0 Å². The van der Waals surface area contributed by atoms with Gasteiger partial charge in [-0.15, -0.1) is 0 Å². The fourth-order valence-electron chi connectivity index (χ4n) is 2.65. The summed E-state index contributed by atoms with van der Waals surface area (Å²) < 4.78 is 1.01. The van der Waals surface area contributed by atoms with E-state index in [0.717, 1.165) is 41.6 Å². The molecule has 3 rings (SSSR count). The first-order valence-corrected chi connectivity index (χ1v) is 7.22. The molecular formula is C14H15BrN2O. The van der Waals surface area contributed by atoms with Crippen molar-refractivity contribution < 1.29 is 4.79 Å². The second kappa shape index (κ2) is 4.84. The third kappa shape index (κ3) is 2.09. The van der Waals surface area contributed by atoms with E-state index >= 15 is 0 Å². The lowest BCUT2D eigenvalue weighted by Gasteiger charge is -2.14. The van der Waals surface area contributed by atoms with E-state index in [-0.39, 0.29) is 11.8 Å². The summed E-state index contributed by atoms with van der Waals surface area (Å²) in [5.41, 5.74) is 1.95. The van der Waals surface area contributed by atoms with Gasteiger partial charge in [0.05, 0.1) is 17.3 Å². The number of rotatable bonds is 1. The van der Waals surface area contributed by atoms with Crippen molar-refractivity contribution in [2.75, 3.05) is 5.01 Å². The van der Waals surface area contributed by atoms with Crippen LogP contribution in [-0.4, -0.2) is 11.6 Å². The van der Waals surface area contributed by atoms with Crippen molar-refractivity contribution in [3.8, 4) is 0 Å². The molecular weight excluding hydrogens is 292 g/mol. The molecule has 1 saturated carbocycles. The lowest BCUT2D eigenvalue weighted by molar-refractivity contribution is -0.119. The van der Waals surface area contributed by atoms with E-state index in [4.69, 9.17) is 0 Å². The third-order valence-corrected chi connectivity index (χ3v) is 4.16. The van der Waals surface area contributed by atoms with Gasteiger partial charge in [0.15, 0.2) is 0 Å². The Balaban J connectivity index is 1.90. The summed E-state index contributed by atoms with van der Waals surface area (Å²) in [4.78, 5) is 12.4. The highest BCUT2D eigenvalue weighted by atomic mass is 79.9. The number of carbonyl (C=O) groups excluding carboxylic acids is 1. The highest BCUT2D eigenvalue weighted by Gasteiger charge is 2.36. The molecule has 1 aromatic carbocycles. The minimum Gasteiger partial charge on any atom is -0.272 e. The van der Waals surface area contributed by atoms with E-state index < -0.39 is 0 Å². The molecule has 1 atom stereocenters. The van der Waals surface area contributed by atoms with Gasteiger partial charge in [-0.25, -0.2) is 5.01 Å². The van der Waals surface area contributed by atoms with Crippen LogP contribution >= 0.6 is 15.9 Å². The number of anilines is 1. The van der Waals surface area contributed by atoms with Gasteiger partial charge in [0.2, 0.25) is 0 Å². The Morgan fingerprint density at radius 1 is 1.17 bits per heavy atom. The van der Waals surface area contributed by atoms with Gasteiger partial charge in [0, 0.05) is 4.47 Å². The Morgan fingerprint density at radius 2 is 1.94 bits per heavy atom. The van der Waals surface area contributed by atoms with Gasteiger partial charge in [-0.2, -0.15) is 5.10 Å². The van der Waals surface area contributed by atoms with Crippen molar-refractivity contribution in [2.45, 2.75) is 32.1 Å². The van der Waals surface area contributed by atoms with Crippen LogP contribution in [0.3, 0.4) is 0 Å². The zero-order valence-electron chi connectivity index (χ0n) is 10.1. The monoisotopic (exact) mass is 306 g/mol. The van der Waals surface area contributed by atoms with Crippen molar-refractivity contribution in [1.29, 1.82) is 0 Å². The van der Waals surface area contributed by atoms with Gasteiger partial charge in [0.1, 0.15) is 0 Å². The maximum absolute atomic E-state index is 12.4. The predicted molar refractivity (Wildman–Crippen MR) is 75.6 cm³/mol. The first kappa shape index (κ1) is 11.9. The summed E-state index contributed by atoms with van der Waals surface area (Å²) in [6.45, 7) is 0. The Hall–Kier alpha value is -1.16. The van der Waals surface area contributed by atoms with Gasteiger partial charge < -0.3 is 0 Å². The minimum absolute atomic E-state index is 0.0381. The normalized spacial score (nSPS) is 23.6. The molecule has 94 valence electrons. The number of carbonyl (C=O) groups is 1. The molecule has 0 spiro atoms. The molecule has 1 aliphatic carbocycles. The van der Waals surface area contributed by atoms with Gasteiger partial charge >= 0.3 is 0 Å². The fraction of sp³-hybridized carbons (Fsp3) is 0.429. The number of benzene rings is 1. The van der Waals surface area contributed by atoms with Gasteiger partial charge in [-0.1, -0.05) is 28.8 Å². The zero-order valence-corrected chi connectivity index (χ0v) is 11.7. The molecule has 2 aliphatic rings. The third-order valence-electron chi connectivity index (χ3n) is 3.63. The minimum atomic E-state index is 0.0381. The first-order chi connectivity index (χ1) is 8.75. The highest BCUT2D eigenvalue weighted by Crippen LogP contribution is 2.31. The number of amides is 1. The van der Waals surface area contributed by atoms with E-state index in [1.165, 1.54) is 6.42 Å². The predicted octanol–water partition coefficient (Wildman–Crippen LogP) is 3.73. The summed E-state index contributed by atoms with van der Waals surface area (Å²) in [5.74, 6) is 0.186. The summed E-state index contributed by atoms with van der Waals surface area (Å²) in [5, 5.41) is 6.12. The van der Waals surface area contributed by atoms with Crippen molar-refractivity contribution in [3.05, 3.63) is 28.7 Å². The molecule has 3 nitrogen and oxygen atoms in total. The van der Waals surface area contributed by atoms with E-state index in [9.17, 15) is 4.79 Å². The van der Waals surface area contributed by atoms with Crippen molar-refractivity contribution >= 4 is 33.2 Å². The quantitative estimate of drug-likeness (QED) is 0.778. The summed E-state index contributed by atoms with van der Waals surface area (Å²) in [6, 6.07) is 7.74. The van der Waals surface area contributed by atoms with Crippen LogP contribution in [0.4, 0.5) is 5.69 Å².